The van der Waals surface area contributed by atoms with Crippen LogP contribution in [0.4, 0.5) is 0 Å². The van der Waals surface area contributed by atoms with Gasteiger partial charge in [0, 0.05) is 0 Å². The summed E-state index contributed by atoms with van der Waals surface area (Å²) in [6.07, 6.45) is 10.8. The molecule has 1 unspecified atom stereocenters. The fourth-order valence-electron chi connectivity index (χ4n) is 1.58. The third-order valence-electron chi connectivity index (χ3n) is 2.57. The Bertz CT molecular complexity index is 165. The van der Waals surface area contributed by atoms with E-state index in [1.54, 1.807) is 0 Å². The Morgan fingerprint density at radius 2 is 1.50 bits per heavy atom. The molecular formula is C12H22IKO2. The van der Waals surface area contributed by atoms with Gasteiger partial charge in [0.1, 0.15) is 0 Å². The first kappa shape index (κ1) is 20.2. The van der Waals surface area contributed by atoms with Crippen molar-refractivity contribution in [1.82, 2.24) is 0 Å². The van der Waals surface area contributed by atoms with Crippen molar-refractivity contribution in [3.05, 3.63) is 0 Å². The summed E-state index contributed by atoms with van der Waals surface area (Å²) in [7, 11) is 0. The van der Waals surface area contributed by atoms with E-state index < -0.39 is 5.97 Å². The molecule has 0 saturated heterocycles. The molecule has 0 aromatic carbocycles. The number of carbonyl (C=O) groups is 1. The largest absolute Gasteiger partial charge is 1.00 e. The first-order chi connectivity index (χ1) is 7.18. The maximum Gasteiger partial charge on any atom is 1.00 e. The van der Waals surface area contributed by atoms with Crippen LogP contribution < -0.4 is 56.5 Å². The number of alkyl halides is 1. The Kier molecular flexibility index (Phi) is 18.8. The van der Waals surface area contributed by atoms with Gasteiger partial charge in [-0.2, -0.15) is 0 Å². The molecule has 0 radical (unpaired) electrons. The quantitative estimate of drug-likeness (QED) is 0.238. The van der Waals surface area contributed by atoms with Gasteiger partial charge >= 0.3 is 51.4 Å². The van der Waals surface area contributed by atoms with Crippen molar-refractivity contribution < 1.29 is 61.3 Å². The van der Waals surface area contributed by atoms with Gasteiger partial charge < -0.3 is 9.90 Å². The second kappa shape index (κ2) is 14.9. The second-order valence-electron chi connectivity index (χ2n) is 4.05. The van der Waals surface area contributed by atoms with Crippen LogP contribution in [0.2, 0.25) is 0 Å². The first-order valence-electron chi connectivity index (χ1n) is 6.03. The summed E-state index contributed by atoms with van der Waals surface area (Å²) in [5.74, 6) is -0.918. The molecule has 0 saturated carbocycles. The molecule has 0 aliphatic carbocycles. The van der Waals surface area contributed by atoms with E-state index in [1.807, 2.05) is 22.6 Å². The summed E-state index contributed by atoms with van der Waals surface area (Å²) in [5, 5.41) is 10.4. The van der Waals surface area contributed by atoms with E-state index in [0.29, 0.717) is 0 Å². The van der Waals surface area contributed by atoms with E-state index in [9.17, 15) is 9.90 Å². The van der Waals surface area contributed by atoms with Crippen molar-refractivity contribution in [3.8, 4) is 0 Å². The zero-order chi connectivity index (χ0) is 11.5. The minimum absolute atomic E-state index is 0. The van der Waals surface area contributed by atoms with Gasteiger partial charge in [0.2, 0.25) is 0 Å². The molecule has 1 atom stereocenters. The number of halogens is 1. The van der Waals surface area contributed by atoms with E-state index in [-0.39, 0.29) is 55.3 Å². The summed E-state index contributed by atoms with van der Waals surface area (Å²) in [6, 6.07) is 0. The van der Waals surface area contributed by atoms with Crippen LogP contribution >= 0.6 is 22.6 Å². The molecule has 0 bridgehead atoms. The summed E-state index contributed by atoms with van der Waals surface area (Å²) in [5.41, 5.74) is 0. The number of rotatable bonds is 10. The summed E-state index contributed by atoms with van der Waals surface area (Å²) in [4.78, 5) is 10.4. The van der Waals surface area contributed by atoms with E-state index in [0.717, 1.165) is 12.8 Å². The maximum atomic E-state index is 10.4. The Hall–Kier alpha value is 1.84. The van der Waals surface area contributed by atoms with E-state index in [2.05, 4.69) is 6.92 Å². The topological polar surface area (TPSA) is 40.1 Å². The molecule has 0 aromatic heterocycles. The average molecular weight is 364 g/mol. The SMILES string of the molecule is CCCCCCCCCCC(I)C(=O)[O-].[K+]. The standard InChI is InChI=1S/C12H23IO2.K/c1-2-3-4-5-6-7-8-9-10-11(13)12(14)15;/h11H,2-10H2,1H3,(H,14,15);/q;+1/p-1. The van der Waals surface area contributed by atoms with Gasteiger partial charge in [0.15, 0.2) is 0 Å². The predicted molar refractivity (Wildman–Crippen MR) is 70.0 cm³/mol. The molecular weight excluding hydrogens is 342 g/mol. The molecule has 0 aliphatic rings. The summed E-state index contributed by atoms with van der Waals surface area (Å²) >= 11 is 1.95. The molecule has 4 heteroatoms. The number of carbonyl (C=O) groups excluding carboxylic acids is 1. The monoisotopic (exact) mass is 364 g/mol. The number of hydrogen-bond donors (Lipinski definition) is 0. The normalized spacial score (nSPS) is 11.9. The summed E-state index contributed by atoms with van der Waals surface area (Å²) in [6.45, 7) is 2.22. The molecule has 0 aromatic rings. The summed E-state index contributed by atoms with van der Waals surface area (Å²) < 4.78 is -0.303. The Balaban J connectivity index is 0. The number of carboxylic acid groups (broad SMARTS) is 1. The predicted octanol–water partition coefficient (Wildman–Crippen LogP) is 0.0747. The maximum absolute atomic E-state index is 10.4. The van der Waals surface area contributed by atoms with Crippen LogP contribution in [0.3, 0.4) is 0 Å². The van der Waals surface area contributed by atoms with Gasteiger partial charge in [-0.3, -0.25) is 0 Å². The van der Waals surface area contributed by atoms with Crippen LogP contribution in [0.5, 0.6) is 0 Å². The molecule has 0 spiro atoms. The average Bonchev–Trinajstić information content (AvgIpc) is 2.21. The molecule has 16 heavy (non-hydrogen) atoms. The fourth-order valence-corrected chi connectivity index (χ4v) is 2.02. The second-order valence-corrected chi connectivity index (χ2v) is 5.55. The van der Waals surface area contributed by atoms with Gasteiger partial charge in [-0.15, -0.1) is 0 Å². The molecule has 0 aliphatic heterocycles. The molecule has 90 valence electrons. The molecule has 0 rings (SSSR count). The van der Waals surface area contributed by atoms with Crippen molar-refractivity contribution in [1.29, 1.82) is 0 Å². The number of unbranched alkanes of at least 4 members (excludes halogenated alkanes) is 7. The van der Waals surface area contributed by atoms with Gasteiger partial charge in [0.25, 0.3) is 0 Å². The van der Waals surface area contributed by atoms with Crippen molar-refractivity contribution in [2.75, 3.05) is 0 Å². The van der Waals surface area contributed by atoms with Crippen LogP contribution in [0.25, 0.3) is 0 Å². The number of aliphatic carboxylic acids is 1. The van der Waals surface area contributed by atoms with E-state index in [4.69, 9.17) is 0 Å². The van der Waals surface area contributed by atoms with Crippen LogP contribution in [-0.4, -0.2) is 9.89 Å². The van der Waals surface area contributed by atoms with Crippen LogP contribution in [0.1, 0.15) is 64.7 Å². The van der Waals surface area contributed by atoms with Gasteiger partial charge in [0.05, 0.1) is 9.89 Å². The van der Waals surface area contributed by atoms with Gasteiger partial charge in [-0.25, -0.2) is 0 Å². The zero-order valence-corrected chi connectivity index (χ0v) is 15.9. The van der Waals surface area contributed by atoms with Crippen molar-refractivity contribution in [2.24, 2.45) is 0 Å². The third-order valence-corrected chi connectivity index (χ3v) is 3.70. The smallest absolute Gasteiger partial charge is 0.549 e. The molecule has 0 amide bonds. The number of carboxylic acids is 1. The molecule has 0 N–H and O–H groups in total. The third kappa shape index (κ3) is 13.9. The molecule has 2 nitrogen and oxygen atoms in total. The van der Waals surface area contributed by atoms with E-state index >= 15 is 0 Å². The first-order valence-corrected chi connectivity index (χ1v) is 7.28. The Morgan fingerprint density at radius 3 is 1.94 bits per heavy atom. The Labute approximate surface area is 156 Å². The van der Waals surface area contributed by atoms with Crippen molar-refractivity contribution in [2.45, 2.75) is 68.6 Å². The van der Waals surface area contributed by atoms with Gasteiger partial charge in [-0.1, -0.05) is 80.9 Å². The van der Waals surface area contributed by atoms with Gasteiger partial charge in [-0.05, 0) is 6.42 Å². The van der Waals surface area contributed by atoms with E-state index in [1.165, 1.54) is 44.9 Å². The van der Waals surface area contributed by atoms with Crippen LogP contribution in [0, 0.1) is 0 Å². The minimum atomic E-state index is -0.918. The molecule has 0 fully saturated rings. The number of hydrogen-bond acceptors (Lipinski definition) is 2. The molecule has 0 heterocycles. The fraction of sp³-hybridized carbons (Fsp3) is 0.917. The minimum Gasteiger partial charge on any atom is -0.549 e. The van der Waals surface area contributed by atoms with Crippen LogP contribution in [0.15, 0.2) is 0 Å². The Morgan fingerprint density at radius 1 is 1.06 bits per heavy atom. The van der Waals surface area contributed by atoms with Crippen molar-refractivity contribution in [3.63, 3.8) is 0 Å². The van der Waals surface area contributed by atoms with Crippen LogP contribution in [-0.2, 0) is 4.79 Å². The van der Waals surface area contributed by atoms with Crippen molar-refractivity contribution >= 4 is 28.6 Å². The zero-order valence-electron chi connectivity index (χ0n) is 10.6.